The zero-order valence-corrected chi connectivity index (χ0v) is 9.32. The third kappa shape index (κ3) is 2.10. The molecule has 2 atom stereocenters. The first-order valence-corrected chi connectivity index (χ1v) is 5.79. The minimum absolute atomic E-state index is 0.313. The van der Waals surface area contributed by atoms with Gasteiger partial charge in [0.25, 0.3) is 0 Å². The molecule has 2 rings (SSSR count). The predicted molar refractivity (Wildman–Crippen MR) is 57.3 cm³/mol. The monoisotopic (exact) mass is 198 g/mol. The van der Waals surface area contributed by atoms with Crippen LogP contribution < -0.4 is 0 Å². The maximum Gasteiger partial charge on any atom is 0.0599 e. The summed E-state index contributed by atoms with van der Waals surface area (Å²) in [5.74, 6) is 0. The van der Waals surface area contributed by atoms with E-state index < -0.39 is 0 Å². The first-order valence-electron chi connectivity index (χ1n) is 5.79. The van der Waals surface area contributed by atoms with Crippen molar-refractivity contribution in [3.05, 3.63) is 0 Å². The Labute approximate surface area is 86.7 Å². The topological polar surface area (TPSA) is 26.7 Å². The number of hydrogen-bond acceptors (Lipinski definition) is 3. The van der Waals surface area contributed by atoms with Crippen LogP contribution in [0.5, 0.6) is 0 Å². The van der Waals surface area contributed by atoms with E-state index in [1.54, 1.807) is 0 Å². The van der Waals surface area contributed by atoms with Gasteiger partial charge in [0.05, 0.1) is 6.61 Å². The van der Waals surface area contributed by atoms with Crippen LogP contribution in [0, 0.1) is 0 Å². The molecule has 0 aromatic heterocycles. The molecule has 0 aromatic carbocycles. The van der Waals surface area contributed by atoms with E-state index in [0.29, 0.717) is 18.7 Å². The van der Waals surface area contributed by atoms with Crippen molar-refractivity contribution in [2.24, 2.45) is 0 Å². The normalized spacial score (nSPS) is 37.1. The van der Waals surface area contributed by atoms with Crippen molar-refractivity contribution < 1.29 is 5.11 Å². The Morgan fingerprint density at radius 1 is 1.29 bits per heavy atom. The lowest BCUT2D eigenvalue weighted by molar-refractivity contribution is 0.108. The maximum absolute atomic E-state index is 9.40. The summed E-state index contributed by atoms with van der Waals surface area (Å²) < 4.78 is 0. The minimum Gasteiger partial charge on any atom is -0.395 e. The molecule has 2 unspecified atom stereocenters. The fourth-order valence-electron chi connectivity index (χ4n) is 2.41. The van der Waals surface area contributed by atoms with Gasteiger partial charge in [-0.3, -0.25) is 4.90 Å². The molecular formula is C11H22N2O. The highest BCUT2D eigenvalue weighted by molar-refractivity contribution is 4.92. The Morgan fingerprint density at radius 3 is 2.57 bits per heavy atom. The summed E-state index contributed by atoms with van der Waals surface area (Å²) in [7, 11) is 2.17. The molecule has 82 valence electrons. The van der Waals surface area contributed by atoms with Gasteiger partial charge in [-0.15, -0.1) is 0 Å². The van der Waals surface area contributed by atoms with Crippen LogP contribution in [0.25, 0.3) is 0 Å². The van der Waals surface area contributed by atoms with Crippen molar-refractivity contribution in [2.75, 3.05) is 26.7 Å². The third-order valence-corrected chi connectivity index (χ3v) is 3.75. The van der Waals surface area contributed by atoms with Gasteiger partial charge in [-0.25, -0.2) is 0 Å². The Balaban J connectivity index is 2.01. The van der Waals surface area contributed by atoms with Gasteiger partial charge >= 0.3 is 0 Å². The molecule has 0 spiro atoms. The van der Waals surface area contributed by atoms with Gasteiger partial charge in [-0.2, -0.15) is 0 Å². The van der Waals surface area contributed by atoms with Crippen LogP contribution in [-0.4, -0.2) is 59.8 Å². The van der Waals surface area contributed by atoms with Crippen LogP contribution in [0.15, 0.2) is 0 Å². The average molecular weight is 198 g/mol. The van der Waals surface area contributed by atoms with Crippen molar-refractivity contribution >= 4 is 0 Å². The Morgan fingerprint density at radius 2 is 2.00 bits per heavy atom. The number of hydrogen-bond donors (Lipinski definition) is 1. The van der Waals surface area contributed by atoms with Crippen LogP contribution in [0.4, 0.5) is 0 Å². The second-order valence-corrected chi connectivity index (χ2v) is 4.88. The molecular weight excluding hydrogens is 176 g/mol. The third-order valence-electron chi connectivity index (χ3n) is 3.75. The SMILES string of the molecule is CC1CCN(C2CC2)C(CO)CN1C. The first-order chi connectivity index (χ1) is 6.72. The zero-order chi connectivity index (χ0) is 10.1. The largest absolute Gasteiger partial charge is 0.395 e. The quantitative estimate of drug-likeness (QED) is 0.701. The Kier molecular flexibility index (Phi) is 3.10. The van der Waals surface area contributed by atoms with E-state index in [1.165, 1.54) is 25.8 Å². The second kappa shape index (κ2) is 4.17. The summed E-state index contributed by atoms with van der Waals surface area (Å²) >= 11 is 0. The molecule has 2 aliphatic rings. The molecule has 1 saturated heterocycles. The van der Waals surface area contributed by atoms with E-state index in [0.717, 1.165) is 12.6 Å². The van der Waals surface area contributed by atoms with Gasteiger partial charge in [0.15, 0.2) is 0 Å². The van der Waals surface area contributed by atoms with Crippen molar-refractivity contribution in [3.63, 3.8) is 0 Å². The molecule has 0 aromatic rings. The van der Waals surface area contributed by atoms with Crippen LogP contribution in [0.2, 0.25) is 0 Å². The Bertz CT molecular complexity index is 194. The molecule has 0 amide bonds. The van der Waals surface area contributed by atoms with Crippen molar-refractivity contribution in [2.45, 2.75) is 44.3 Å². The Hall–Kier alpha value is -0.120. The summed E-state index contributed by atoms with van der Waals surface area (Å²) in [5.41, 5.74) is 0. The molecule has 1 N–H and O–H groups in total. The lowest BCUT2D eigenvalue weighted by atomic mass is 10.2. The molecule has 3 nitrogen and oxygen atoms in total. The van der Waals surface area contributed by atoms with Crippen molar-refractivity contribution in [1.82, 2.24) is 9.80 Å². The summed E-state index contributed by atoms with van der Waals surface area (Å²) in [6.07, 6.45) is 3.92. The van der Waals surface area contributed by atoms with E-state index in [-0.39, 0.29) is 0 Å². The smallest absolute Gasteiger partial charge is 0.0599 e. The predicted octanol–water partition coefficient (Wildman–Crippen LogP) is 0.536. The lowest BCUT2D eigenvalue weighted by Crippen LogP contribution is -2.44. The number of aliphatic hydroxyl groups excluding tert-OH is 1. The van der Waals surface area contributed by atoms with Crippen molar-refractivity contribution in [3.8, 4) is 0 Å². The molecule has 1 heterocycles. The van der Waals surface area contributed by atoms with E-state index in [1.807, 2.05) is 0 Å². The molecule has 1 aliphatic carbocycles. The maximum atomic E-state index is 9.40. The summed E-state index contributed by atoms with van der Waals surface area (Å²) in [5, 5.41) is 9.40. The van der Waals surface area contributed by atoms with Gasteiger partial charge in [0.2, 0.25) is 0 Å². The molecule has 1 saturated carbocycles. The first kappa shape index (κ1) is 10.4. The van der Waals surface area contributed by atoms with E-state index >= 15 is 0 Å². The summed E-state index contributed by atoms with van der Waals surface area (Å²) in [6, 6.07) is 1.82. The lowest BCUT2D eigenvalue weighted by Gasteiger charge is -2.29. The number of rotatable bonds is 2. The molecule has 0 radical (unpaired) electrons. The fraction of sp³-hybridized carbons (Fsp3) is 1.00. The number of nitrogens with zero attached hydrogens (tertiary/aromatic N) is 2. The highest BCUT2D eigenvalue weighted by Gasteiger charge is 2.36. The van der Waals surface area contributed by atoms with Gasteiger partial charge in [0, 0.05) is 31.2 Å². The van der Waals surface area contributed by atoms with Crippen LogP contribution >= 0.6 is 0 Å². The van der Waals surface area contributed by atoms with Crippen LogP contribution in [0.1, 0.15) is 26.2 Å². The average Bonchev–Trinajstić information content (AvgIpc) is 2.97. The molecule has 2 fully saturated rings. The number of likely N-dealkylation sites (N-methyl/N-ethyl adjacent to an activating group) is 1. The van der Waals surface area contributed by atoms with E-state index in [2.05, 4.69) is 23.8 Å². The van der Waals surface area contributed by atoms with Gasteiger partial charge in [-0.05, 0) is 33.2 Å². The zero-order valence-electron chi connectivity index (χ0n) is 9.32. The summed E-state index contributed by atoms with van der Waals surface area (Å²) in [4.78, 5) is 4.91. The van der Waals surface area contributed by atoms with Gasteiger partial charge in [0.1, 0.15) is 0 Å². The summed E-state index contributed by atoms with van der Waals surface area (Å²) in [6.45, 7) is 4.79. The molecule has 0 bridgehead atoms. The van der Waals surface area contributed by atoms with Gasteiger partial charge in [-0.1, -0.05) is 0 Å². The molecule has 3 heteroatoms. The molecule has 14 heavy (non-hydrogen) atoms. The minimum atomic E-state index is 0.313. The highest BCUT2D eigenvalue weighted by Crippen LogP contribution is 2.30. The van der Waals surface area contributed by atoms with E-state index in [4.69, 9.17) is 0 Å². The van der Waals surface area contributed by atoms with Crippen LogP contribution in [-0.2, 0) is 0 Å². The number of aliphatic hydroxyl groups is 1. The van der Waals surface area contributed by atoms with E-state index in [9.17, 15) is 5.11 Å². The standard InChI is InChI=1S/C11H22N2O/c1-9-5-6-13(10-3-4-10)11(8-14)7-12(9)2/h9-11,14H,3-8H2,1-2H3. The van der Waals surface area contributed by atoms with Crippen LogP contribution in [0.3, 0.4) is 0 Å². The highest BCUT2D eigenvalue weighted by atomic mass is 16.3. The van der Waals surface area contributed by atoms with Gasteiger partial charge < -0.3 is 10.0 Å². The molecule has 1 aliphatic heterocycles. The second-order valence-electron chi connectivity index (χ2n) is 4.88. The fourth-order valence-corrected chi connectivity index (χ4v) is 2.41. The van der Waals surface area contributed by atoms with Crippen molar-refractivity contribution in [1.29, 1.82) is 0 Å².